The normalized spacial score (nSPS) is 18.5. The van der Waals surface area contributed by atoms with E-state index in [-0.39, 0.29) is 5.91 Å². The van der Waals surface area contributed by atoms with Crippen LogP contribution >= 0.6 is 11.6 Å². The minimum Gasteiger partial charge on any atom is -0.349 e. The molecule has 2 aromatic rings. The Bertz CT molecular complexity index is 731. The fourth-order valence-corrected chi connectivity index (χ4v) is 3.27. The van der Waals surface area contributed by atoms with Crippen LogP contribution in [0.25, 0.3) is 11.7 Å². The maximum absolute atomic E-state index is 12.2. The summed E-state index contributed by atoms with van der Waals surface area (Å²) >= 11 is 6.16. The number of rotatable bonds is 5. The van der Waals surface area contributed by atoms with Crippen LogP contribution in [0.1, 0.15) is 31.4 Å². The SMILES string of the molecule is O=C(C=Cc1c(Cl)nc2ccccn12)NC(C1CC1)C1CC1. The third-order valence-corrected chi connectivity index (χ3v) is 4.76. The van der Waals surface area contributed by atoms with E-state index >= 15 is 0 Å². The Labute approximate surface area is 134 Å². The van der Waals surface area contributed by atoms with Crippen LogP contribution in [0.3, 0.4) is 0 Å². The van der Waals surface area contributed by atoms with E-state index in [0.29, 0.717) is 23.0 Å². The van der Waals surface area contributed by atoms with Gasteiger partial charge in [0.2, 0.25) is 5.91 Å². The number of carbonyl (C=O) groups excluding carboxylic acids is 1. The molecular weight excluding hydrogens is 298 g/mol. The van der Waals surface area contributed by atoms with E-state index in [0.717, 1.165) is 11.3 Å². The van der Waals surface area contributed by atoms with Crippen LogP contribution in [0.15, 0.2) is 30.5 Å². The molecule has 114 valence electrons. The van der Waals surface area contributed by atoms with Crippen LogP contribution in [-0.4, -0.2) is 21.3 Å². The van der Waals surface area contributed by atoms with Crippen molar-refractivity contribution >= 4 is 29.2 Å². The quantitative estimate of drug-likeness (QED) is 0.860. The van der Waals surface area contributed by atoms with Gasteiger partial charge >= 0.3 is 0 Å². The Morgan fingerprint density at radius 2 is 2.05 bits per heavy atom. The Morgan fingerprint density at radius 1 is 1.32 bits per heavy atom. The summed E-state index contributed by atoms with van der Waals surface area (Å²) in [4.78, 5) is 16.5. The van der Waals surface area contributed by atoms with Crippen LogP contribution in [0.2, 0.25) is 5.15 Å². The van der Waals surface area contributed by atoms with Crippen molar-refractivity contribution in [2.24, 2.45) is 11.8 Å². The van der Waals surface area contributed by atoms with Crippen molar-refractivity contribution in [3.8, 4) is 0 Å². The van der Waals surface area contributed by atoms with Crippen LogP contribution < -0.4 is 5.32 Å². The monoisotopic (exact) mass is 315 g/mol. The molecule has 22 heavy (non-hydrogen) atoms. The summed E-state index contributed by atoms with van der Waals surface area (Å²) < 4.78 is 1.88. The molecule has 0 aliphatic heterocycles. The maximum atomic E-state index is 12.2. The molecule has 2 aliphatic rings. The van der Waals surface area contributed by atoms with Crippen LogP contribution in [0, 0.1) is 11.8 Å². The molecule has 5 heteroatoms. The lowest BCUT2D eigenvalue weighted by Gasteiger charge is -2.16. The zero-order valence-corrected chi connectivity index (χ0v) is 13.0. The summed E-state index contributed by atoms with van der Waals surface area (Å²) in [5.74, 6) is 1.36. The van der Waals surface area contributed by atoms with Crippen molar-refractivity contribution in [2.75, 3.05) is 0 Å². The predicted octanol–water partition coefficient (Wildman–Crippen LogP) is 3.31. The number of hydrogen-bond donors (Lipinski definition) is 1. The van der Waals surface area contributed by atoms with Gasteiger partial charge in [0.1, 0.15) is 5.65 Å². The third kappa shape index (κ3) is 2.75. The molecule has 0 saturated heterocycles. The van der Waals surface area contributed by atoms with Crippen LogP contribution in [-0.2, 0) is 4.79 Å². The van der Waals surface area contributed by atoms with Gasteiger partial charge in [-0.2, -0.15) is 0 Å². The van der Waals surface area contributed by atoms with E-state index in [4.69, 9.17) is 11.6 Å². The van der Waals surface area contributed by atoms with E-state index in [1.807, 2.05) is 28.8 Å². The topological polar surface area (TPSA) is 46.4 Å². The fourth-order valence-electron chi connectivity index (χ4n) is 3.03. The first-order chi connectivity index (χ1) is 10.7. The van der Waals surface area contributed by atoms with E-state index in [9.17, 15) is 4.79 Å². The van der Waals surface area contributed by atoms with Crippen LogP contribution in [0.4, 0.5) is 0 Å². The summed E-state index contributed by atoms with van der Waals surface area (Å²) in [6, 6.07) is 6.09. The molecule has 0 radical (unpaired) electrons. The first-order valence-corrected chi connectivity index (χ1v) is 8.21. The lowest BCUT2D eigenvalue weighted by Crippen LogP contribution is -2.37. The van der Waals surface area contributed by atoms with Gasteiger partial charge in [0, 0.05) is 18.3 Å². The molecular formula is C17H18ClN3O. The molecule has 2 heterocycles. The predicted molar refractivity (Wildman–Crippen MR) is 86.6 cm³/mol. The number of hydrogen-bond acceptors (Lipinski definition) is 2. The zero-order chi connectivity index (χ0) is 15.1. The number of aromatic nitrogens is 2. The highest BCUT2D eigenvalue weighted by Gasteiger charge is 2.41. The second-order valence-electron chi connectivity index (χ2n) is 6.26. The van der Waals surface area contributed by atoms with Gasteiger partial charge in [-0.25, -0.2) is 4.98 Å². The smallest absolute Gasteiger partial charge is 0.244 e. The lowest BCUT2D eigenvalue weighted by atomic mass is 10.1. The minimum atomic E-state index is -0.0363. The van der Waals surface area contributed by atoms with Gasteiger partial charge < -0.3 is 5.32 Å². The Morgan fingerprint density at radius 3 is 2.73 bits per heavy atom. The van der Waals surface area contributed by atoms with Gasteiger partial charge in [0.25, 0.3) is 0 Å². The molecule has 0 aromatic carbocycles. The van der Waals surface area contributed by atoms with Gasteiger partial charge in [0.15, 0.2) is 5.15 Å². The zero-order valence-electron chi connectivity index (χ0n) is 12.2. The number of carbonyl (C=O) groups is 1. The summed E-state index contributed by atoms with van der Waals surface area (Å²) in [5.41, 5.74) is 1.52. The summed E-state index contributed by atoms with van der Waals surface area (Å²) in [6.45, 7) is 0. The van der Waals surface area contributed by atoms with Crippen molar-refractivity contribution < 1.29 is 4.79 Å². The van der Waals surface area contributed by atoms with Gasteiger partial charge in [-0.05, 0) is 55.7 Å². The first-order valence-electron chi connectivity index (χ1n) is 7.83. The number of imidazole rings is 1. The first kappa shape index (κ1) is 13.8. The minimum absolute atomic E-state index is 0.0363. The molecule has 2 aromatic heterocycles. The molecule has 0 bridgehead atoms. The number of fused-ring (bicyclic) bond motifs is 1. The molecule has 4 nitrogen and oxygen atoms in total. The molecule has 0 spiro atoms. The highest BCUT2D eigenvalue weighted by atomic mass is 35.5. The van der Waals surface area contributed by atoms with Gasteiger partial charge in [0.05, 0.1) is 5.69 Å². The average Bonchev–Trinajstić information content (AvgIpc) is 3.40. The number of nitrogens with one attached hydrogen (secondary N) is 1. The summed E-state index contributed by atoms with van der Waals surface area (Å²) in [6.07, 6.45) is 10.2. The van der Waals surface area contributed by atoms with E-state index in [2.05, 4.69) is 10.3 Å². The molecule has 2 aliphatic carbocycles. The second kappa shape index (κ2) is 5.43. The van der Waals surface area contributed by atoms with Crippen molar-refractivity contribution in [1.29, 1.82) is 0 Å². The summed E-state index contributed by atoms with van der Waals surface area (Å²) in [7, 11) is 0. The Balaban J connectivity index is 1.50. The second-order valence-corrected chi connectivity index (χ2v) is 6.62. The fraction of sp³-hybridized carbons (Fsp3) is 0.412. The van der Waals surface area contributed by atoms with Gasteiger partial charge in [-0.1, -0.05) is 17.7 Å². The number of pyridine rings is 1. The molecule has 1 amide bonds. The standard InChI is InChI=1S/C17H18ClN3O/c18-17-13(21-10-2-1-3-14(21)19-17)8-9-15(22)20-16(11-4-5-11)12-6-7-12/h1-3,8-12,16H,4-7H2,(H,20,22). The highest BCUT2D eigenvalue weighted by Crippen LogP contribution is 2.44. The molecule has 0 atom stereocenters. The van der Waals surface area contributed by atoms with Crippen LogP contribution in [0.5, 0.6) is 0 Å². The van der Waals surface area contributed by atoms with E-state index < -0.39 is 0 Å². The highest BCUT2D eigenvalue weighted by molar-refractivity contribution is 6.31. The van der Waals surface area contributed by atoms with Gasteiger partial charge in [-0.15, -0.1) is 0 Å². The van der Waals surface area contributed by atoms with E-state index in [1.54, 1.807) is 12.2 Å². The van der Waals surface area contributed by atoms with Gasteiger partial charge in [-0.3, -0.25) is 9.20 Å². The average molecular weight is 316 g/mol. The number of nitrogens with zero attached hydrogens (tertiary/aromatic N) is 2. The third-order valence-electron chi connectivity index (χ3n) is 4.48. The Kier molecular flexibility index (Phi) is 3.41. The largest absolute Gasteiger partial charge is 0.349 e. The molecule has 1 N–H and O–H groups in total. The lowest BCUT2D eigenvalue weighted by molar-refractivity contribution is -0.117. The summed E-state index contributed by atoms with van der Waals surface area (Å²) in [5, 5.41) is 3.59. The molecule has 4 rings (SSSR count). The Hall–Kier alpha value is -1.81. The van der Waals surface area contributed by atoms with Crippen molar-refractivity contribution in [3.63, 3.8) is 0 Å². The molecule has 2 saturated carbocycles. The van der Waals surface area contributed by atoms with E-state index in [1.165, 1.54) is 25.7 Å². The van der Waals surface area contributed by atoms with Crippen molar-refractivity contribution in [3.05, 3.63) is 41.3 Å². The number of halogens is 1. The maximum Gasteiger partial charge on any atom is 0.244 e. The molecule has 2 fully saturated rings. The van der Waals surface area contributed by atoms with Crippen molar-refractivity contribution in [1.82, 2.24) is 14.7 Å². The van der Waals surface area contributed by atoms with Crippen molar-refractivity contribution in [2.45, 2.75) is 31.7 Å². The molecule has 0 unspecified atom stereocenters. The number of amides is 1.